The lowest BCUT2D eigenvalue weighted by Crippen LogP contribution is -2.24. The van der Waals surface area contributed by atoms with Crippen LogP contribution in [0.15, 0.2) is 54.5 Å². The summed E-state index contributed by atoms with van der Waals surface area (Å²) in [5.41, 5.74) is 3.86. The number of carbonyl (C=O) groups excluding carboxylic acids is 1. The second-order valence-electron chi connectivity index (χ2n) is 6.26. The maximum atomic E-state index is 12.3. The molecule has 0 aliphatic heterocycles. The van der Waals surface area contributed by atoms with E-state index in [4.69, 9.17) is 0 Å². The van der Waals surface area contributed by atoms with Crippen LogP contribution in [0, 0.1) is 0 Å². The first-order chi connectivity index (χ1) is 12.3. The van der Waals surface area contributed by atoms with Crippen molar-refractivity contribution in [3.8, 4) is 0 Å². The quantitative estimate of drug-likeness (QED) is 0.757. The van der Waals surface area contributed by atoms with Gasteiger partial charge in [-0.05, 0) is 55.9 Å². The van der Waals surface area contributed by atoms with Crippen molar-refractivity contribution in [3.63, 3.8) is 0 Å². The van der Waals surface area contributed by atoms with E-state index in [1.165, 1.54) is 25.7 Å². The number of anilines is 1. The molecule has 0 aromatic carbocycles. The average molecular weight is 336 g/mol. The van der Waals surface area contributed by atoms with Crippen molar-refractivity contribution in [2.24, 2.45) is 0 Å². The number of pyridine rings is 2. The molecule has 0 radical (unpaired) electrons. The minimum Gasteiger partial charge on any atom is -0.385 e. The number of nitrogens with zero attached hydrogens (tertiary/aromatic N) is 2. The van der Waals surface area contributed by atoms with E-state index < -0.39 is 0 Å². The summed E-state index contributed by atoms with van der Waals surface area (Å²) in [6.45, 7) is 1.33. The number of aromatic nitrogens is 2. The molecule has 1 aliphatic carbocycles. The lowest BCUT2D eigenvalue weighted by Gasteiger charge is -2.13. The van der Waals surface area contributed by atoms with Gasteiger partial charge in [0.25, 0.3) is 5.91 Å². The summed E-state index contributed by atoms with van der Waals surface area (Å²) in [6, 6.07) is 7.48. The van der Waals surface area contributed by atoms with E-state index in [9.17, 15) is 4.79 Å². The predicted molar refractivity (Wildman–Crippen MR) is 99.3 cm³/mol. The highest BCUT2D eigenvalue weighted by Gasteiger charge is 2.08. The zero-order valence-corrected chi connectivity index (χ0v) is 14.4. The molecule has 25 heavy (non-hydrogen) atoms. The Morgan fingerprint density at radius 3 is 2.96 bits per heavy atom. The van der Waals surface area contributed by atoms with Gasteiger partial charge in [0.05, 0.1) is 0 Å². The van der Waals surface area contributed by atoms with Gasteiger partial charge in [0.15, 0.2) is 0 Å². The SMILES string of the molecule is O=C(NCc1cccnc1)c1cc(NCCC2=CCCCC2)ccn1. The molecule has 0 unspecified atom stereocenters. The maximum Gasteiger partial charge on any atom is 0.270 e. The third-order valence-corrected chi connectivity index (χ3v) is 4.33. The van der Waals surface area contributed by atoms with Gasteiger partial charge in [0.1, 0.15) is 5.69 Å². The fourth-order valence-corrected chi connectivity index (χ4v) is 2.94. The molecule has 2 heterocycles. The summed E-state index contributed by atoms with van der Waals surface area (Å²) < 4.78 is 0. The van der Waals surface area contributed by atoms with Gasteiger partial charge in [-0.15, -0.1) is 0 Å². The molecular formula is C20H24N4O. The smallest absolute Gasteiger partial charge is 0.270 e. The summed E-state index contributed by atoms with van der Waals surface area (Å²) in [4.78, 5) is 20.5. The molecule has 2 N–H and O–H groups in total. The number of nitrogens with one attached hydrogen (secondary N) is 2. The van der Waals surface area contributed by atoms with Crippen LogP contribution >= 0.6 is 0 Å². The minimum atomic E-state index is -0.178. The van der Waals surface area contributed by atoms with E-state index in [2.05, 4.69) is 26.7 Å². The van der Waals surface area contributed by atoms with Crippen LogP contribution in [-0.4, -0.2) is 22.4 Å². The van der Waals surface area contributed by atoms with Crippen molar-refractivity contribution in [3.05, 3.63) is 65.8 Å². The highest BCUT2D eigenvalue weighted by atomic mass is 16.1. The Labute approximate surface area is 148 Å². The number of rotatable bonds is 7. The first kappa shape index (κ1) is 17.1. The summed E-state index contributed by atoms with van der Waals surface area (Å²) in [7, 11) is 0. The van der Waals surface area contributed by atoms with Crippen molar-refractivity contribution in [1.29, 1.82) is 0 Å². The van der Waals surface area contributed by atoms with Gasteiger partial charge < -0.3 is 10.6 Å². The molecule has 2 aromatic heterocycles. The molecular weight excluding hydrogens is 312 g/mol. The average Bonchev–Trinajstić information content (AvgIpc) is 2.68. The Morgan fingerprint density at radius 2 is 2.16 bits per heavy atom. The standard InChI is InChI=1S/C20H24N4O/c25-20(24-15-17-7-4-10-21-14-17)19-13-18(9-12-23-19)22-11-8-16-5-2-1-3-6-16/h4-5,7,9-10,12-14H,1-3,6,8,11,15H2,(H,22,23)(H,24,25). The maximum absolute atomic E-state index is 12.3. The van der Waals surface area contributed by atoms with Crippen molar-refractivity contribution in [1.82, 2.24) is 15.3 Å². The molecule has 0 bridgehead atoms. The van der Waals surface area contributed by atoms with Crippen molar-refractivity contribution >= 4 is 11.6 Å². The topological polar surface area (TPSA) is 66.9 Å². The molecule has 0 fully saturated rings. The van der Waals surface area contributed by atoms with E-state index in [0.717, 1.165) is 24.2 Å². The Balaban J connectivity index is 1.50. The molecule has 5 heteroatoms. The van der Waals surface area contributed by atoms with Gasteiger partial charge in [0.2, 0.25) is 0 Å². The lowest BCUT2D eigenvalue weighted by molar-refractivity contribution is 0.0946. The van der Waals surface area contributed by atoms with E-state index in [-0.39, 0.29) is 5.91 Å². The summed E-state index contributed by atoms with van der Waals surface area (Å²) in [5.74, 6) is -0.178. The molecule has 0 atom stereocenters. The molecule has 0 spiro atoms. The van der Waals surface area contributed by atoms with Crippen LogP contribution < -0.4 is 10.6 Å². The third kappa shape index (κ3) is 5.41. The fourth-order valence-electron chi connectivity index (χ4n) is 2.94. The fraction of sp³-hybridized carbons (Fsp3) is 0.350. The molecule has 3 rings (SSSR count). The third-order valence-electron chi connectivity index (χ3n) is 4.33. The monoisotopic (exact) mass is 336 g/mol. The van der Waals surface area contributed by atoms with Crippen LogP contribution in [0.2, 0.25) is 0 Å². The van der Waals surface area contributed by atoms with Crippen LogP contribution in [0.25, 0.3) is 0 Å². The van der Waals surface area contributed by atoms with Crippen LogP contribution in [0.3, 0.4) is 0 Å². The van der Waals surface area contributed by atoms with Crippen LogP contribution in [0.5, 0.6) is 0 Å². The van der Waals surface area contributed by atoms with Crippen molar-refractivity contribution < 1.29 is 4.79 Å². The first-order valence-electron chi connectivity index (χ1n) is 8.86. The first-order valence-corrected chi connectivity index (χ1v) is 8.86. The Kier molecular flexibility index (Phi) is 6.15. The summed E-state index contributed by atoms with van der Waals surface area (Å²) in [5, 5.41) is 6.26. The molecule has 1 aliphatic rings. The Morgan fingerprint density at radius 1 is 1.20 bits per heavy atom. The number of carbonyl (C=O) groups is 1. The highest BCUT2D eigenvalue weighted by Crippen LogP contribution is 2.20. The van der Waals surface area contributed by atoms with Gasteiger partial charge in [0, 0.05) is 37.4 Å². The molecule has 2 aromatic rings. The number of allylic oxidation sites excluding steroid dienone is 1. The van der Waals surface area contributed by atoms with E-state index >= 15 is 0 Å². The van der Waals surface area contributed by atoms with Crippen LogP contribution in [0.4, 0.5) is 5.69 Å². The second-order valence-corrected chi connectivity index (χ2v) is 6.26. The Bertz CT molecular complexity index is 727. The molecule has 1 amide bonds. The largest absolute Gasteiger partial charge is 0.385 e. The molecule has 0 saturated heterocycles. The normalized spacial score (nSPS) is 13.8. The molecule has 130 valence electrons. The van der Waals surface area contributed by atoms with E-state index in [0.29, 0.717) is 12.2 Å². The zero-order valence-electron chi connectivity index (χ0n) is 14.4. The molecule has 5 nitrogen and oxygen atoms in total. The van der Waals surface area contributed by atoms with Gasteiger partial charge in [-0.1, -0.05) is 17.7 Å². The minimum absolute atomic E-state index is 0.178. The summed E-state index contributed by atoms with van der Waals surface area (Å²) >= 11 is 0. The number of hydrogen-bond donors (Lipinski definition) is 2. The predicted octanol–water partition coefficient (Wildman–Crippen LogP) is 3.71. The van der Waals surface area contributed by atoms with Crippen molar-refractivity contribution in [2.45, 2.75) is 38.6 Å². The molecule has 0 saturated carbocycles. The number of amides is 1. The lowest BCUT2D eigenvalue weighted by atomic mass is 9.97. The van der Waals surface area contributed by atoms with Crippen LogP contribution in [-0.2, 0) is 6.54 Å². The van der Waals surface area contributed by atoms with Gasteiger partial charge in [-0.2, -0.15) is 0 Å². The van der Waals surface area contributed by atoms with Crippen LogP contribution in [0.1, 0.15) is 48.2 Å². The Hall–Kier alpha value is -2.69. The zero-order chi connectivity index (χ0) is 17.3. The summed E-state index contributed by atoms with van der Waals surface area (Å²) in [6.07, 6.45) is 13.6. The number of hydrogen-bond acceptors (Lipinski definition) is 4. The van der Waals surface area contributed by atoms with E-state index in [1.54, 1.807) is 30.2 Å². The van der Waals surface area contributed by atoms with Gasteiger partial charge >= 0.3 is 0 Å². The second kappa shape index (κ2) is 8.97. The highest BCUT2D eigenvalue weighted by molar-refractivity contribution is 5.93. The van der Waals surface area contributed by atoms with E-state index in [1.807, 2.05) is 18.2 Å². The van der Waals surface area contributed by atoms with Crippen molar-refractivity contribution in [2.75, 3.05) is 11.9 Å². The van der Waals surface area contributed by atoms with Gasteiger partial charge in [-0.25, -0.2) is 0 Å². The van der Waals surface area contributed by atoms with Gasteiger partial charge in [-0.3, -0.25) is 14.8 Å².